The van der Waals surface area contributed by atoms with Gasteiger partial charge >= 0.3 is 0 Å². The number of hydrogen-bond donors (Lipinski definition) is 2. The first-order valence-electron chi connectivity index (χ1n) is 7.64. The summed E-state index contributed by atoms with van der Waals surface area (Å²) in [5.41, 5.74) is 0.307. The van der Waals surface area contributed by atoms with E-state index in [1.54, 1.807) is 12.1 Å². The summed E-state index contributed by atoms with van der Waals surface area (Å²) in [6.07, 6.45) is 4.67. The molecule has 1 saturated carbocycles. The molecule has 0 bridgehead atoms. The van der Waals surface area contributed by atoms with Crippen molar-refractivity contribution in [1.29, 1.82) is 0 Å². The zero-order valence-corrected chi connectivity index (χ0v) is 12.8. The molecule has 2 N–H and O–H groups in total. The number of hydrogen-bond acceptors (Lipinski definition) is 3. The molecule has 21 heavy (non-hydrogen) atoms. The molecule has 4 nitrogen and oxygen atoms in total. The number of nitrogens with one attached hydrogen (secondary N) is 1. The molecule has 114 valence electrons. The molecule has 1 amide bonds. The third kappa shape index (κ3) is 3.69. The number of halogens is 1. The van der Waals surface area contributed by atoms with Gasteiger partial charge in [-0.25, -0.2) is 0 Å². The average molecular weight is 309 g/mol. The van der Waals surface area contributed by atoms with Gasteiger partial charge in [-0.3, -0.25) is 4.79 Å². The van der Waals surface area contributed by atoms with Crippen LogP contribution in [0.3, 0.4) is 0 Å². The first-order chi connectivity index (χ1) is 10.1. The summed E-state index contributed by atoms with van der Waals surface area (Å²) in [6.45, 7) is 2.52. The van der Waals surface area contributed by atoms with Crippen LogP contribution in [0, 0.1) is 5.92 Å². The molecule has 1 aromatic rings. The van der Waals surface area contributed by atoms with Crippen LogP contribution >= 0.6 is 11.6 Å². The van der Waals surface area contributed by atoms with Crippen LogP contribution in [0.15, 0.2) is 18.2 Å². The third-order valence-corrected chi connectivity index (χ3v) is 4.49. The SMILES string of the molecule is O=C(c1cc(Cl)ccc1O)N(CC1CC1)CC1CCCN1. The zero-order chi connectivity index (χ0) is 14.8. The fourth-order valence-electron chi connectivity index (χ4n) is 2.88. The minimum Gasteiger partial charge on any atom is -0.507 e. The van der Waals surface area contributed by atoms with Crippen molar-refractivity contribution < 1.29 is 9.90 Å². The molecule has 1 unspecified atom stereocenters. The molecule has 1 heterocycles. The molecular weight excluding hydrogens is 288 g/mol. The van der Waals surface area contributed by atoms with Gasteiger partial charge in [0.05, 0.1) is 5.56 Å². The van der Waals surface area contributed by atoms with E-state index >= 15 is 0 Å². The highest BCUT2D eigenvalue weighted by molar-refractivity contribution is 6.31. The number of amides is 1. The van der Waals surface area contributed by atoms with Gasteiger partial charge in [-0.2, -0.15) is 0 Å². The number of carbonyl (C=O) groups excluding carboxylic acids is 1. The molecule has 5 heteroatoms. The van der Waals surface area contributed by atoms with Gasteiger partial charge in [0.25, 0.3) is 5.91 Å². The van der Waals surface area contributed by atoms with E-state index in [1.807, 2.05) is 4.90 Å². The Balaban J connectivity index is 1.76. The molecule has 1 saturated heterocycles. The van der Waals surface area contributed by atoms with E-state index in [0.29, 0.717) is 29.1 Å². The monoisotopic (exact) mass is 308 g/mol. The van der Waals surface area contributed by atoms with Crippen molar-refractivity contribution in [2.24, 2.45) is 5.92 Å². The lowest BCUT2D eigenvalue weighted by molar-refractivity contribution is 0.0730. The van der Waals surface area contributed by atoms with E-state index in [-0.39, 0.29) is 11.7 Å². The van der Waals surface area contributed by atoms with Crippen molar-refractivity contribution in [3.8, 4) is 5.75 Å². The Bertz CT molecular complexity index is 525. The van der Waals surface area contributed by atoms with Crippen LogP contribution in [-0.4, -0.2) is 41.6 Å². The number of nitrogens with zero attached hydrogens (tertiary/aromatic N) is 1. The highest BCUT2D eigenvalue weighted by Crippen LogP contribution is 2.31. The molecular formula is C16H21ClN2O2. The van der Waals surface area contributed by atoms with Gasteiger partial charge in [0.2, 0.25) is 0 Å². The van der Waals surface area contributed by atoms with Crippen molar-refractivity contribution in [1.82, 2.24) is 10.2 Å². The summed E-state index contributed by atoms with van der Waals surface area (Å²) in [5, 5.41) is 13.8. The topological polar surface area (TPSA) is 52.6 Å². The molecule has 2 fully saturated rings. The van der Waals surface area contributed by atoms with E-state index in [1.165, 1.54) is 25.3 Å². The molecule has 1 aliphatic heterocycles. The first kappa shape index (κ1) is 14.7. The normalized spacial score (nSPS) is 21.5. The number of aromatic hydroxyl groups is 1. The quantitative estimate of drug-likeness (QED) is 0.879. The van der Waals surface area contributed by atoms with Crippen molar-refractivity contribution in [3.05, 3.63) is 28.8 Å². The van der Waals surface area contributed by atoms with Crippen molar-refractivity contribution in [2.45, 2.75) is 31.7 Å². The van der Waals surface area contributed by atoms with Crippen LogP contribution < -0.4 is 5.32 Å². The van der Waals surface area contributed by atoms with Crippen molar-refractivity contribution in [2.75, 3.05) is 19.6 Å². The maximum atomic E-state index is 12.7. The first-order valence-corrected chi connectivity index (χ1v) is 8.02. The predicted molar refractivity (Wildman–Crippen MR) is 82.8 cm³/mol. The molecule has 0 radical (unpaired) electrons. The number of rotatable bonds is 5. The van der Waals surface area contributed by atoms with Crippen LogP contribution in [0.1, 0.15) is 36.0 Å². The lowest BCUT2D eigenvalue weighted by Crippen LogP contribution is -2.42. The Labute approximate surface area is 130 Å². The van der Waals surface area contributed by atoms with Gasteiger partial charge in [0, 0.05) is 24.2 Å². The van der Waals surface area contributed by atoms with Crippen molar-refractivity contribution in [3.63, 3.8) is 0 Å². The summed E-state index contributed by atoms with van der Waals surface area (Å²) >= 11 is 5.96. The van der Waals surface area contributed by atoms with Gasteiger partial charge < -0.3 is 15.3 Å². The minimum absolute atomic E-state index is 0.00424. The van der Waals surface area contributed by atoms with Gasteiger partial charge in [-0.1, -0.05) is 11.6 Å². The second kappa shape index (κ2) is 6.24. The summed E-state index contributed by atoms with van der Waals surface area (Å²) in [7, 11) is 0. The highest BCUT2D eigenvalue weighted by atomic mass is 35.5. The Morgan fingerprint density at radius 1 is 1.33 bits per heavy atom. The molecule has 1 atom stereocenters. The van der Waals surface area contributed by atoms with Gasteiger partial charge in [-0.15, -0.1) is 0 Å². The minimum atomic E-state index is -0.115. The fraction of sp³-hybridized carbons (Fsp3) is 0.562. The lowest BCUT2D eigenvalue weighted by atomic mass is 10.1. The Kier molecular flexibility index (Phi) is 4.36. The maximum Gasteiger partial charge on any atom is 0.257 e. The number of carbonyl (C=O) groups is 1. The molecule has 1 aromatic carbocycles. The maximum absolute atomic E-state index is 12.7. The number of phenols is 1. The van der Waals surface area contributed by atoms with Crippen molar-refractivity contribution >= 4 is 17.5 Å². The standard InChI is InChI=1S/C16H21ClN2O2/c17-12-5-6-15(20)14(8-12)16(21)19(9-11-3-4-11)10-13-2-1-7-18-13/h5-6,8,11,13,18,20H,1-4,7,9-10H2. The second-order valence-corrected chi connectivity index (χ2v) is 6.54. The molecule has 3 rings (SSSR count). The second-order valence-electron chi connectivity index (χ2n) is 6.11. The van der Waals surface area contributed by atoms with Crippen LogP contribution in [0.5, 0.6) is 5.75 Å². The fourth-order valence-corrected chi connectivity index (χ4v) is 3.05. The predicted octanol–water partition coefficient (Wildman–Crippen LogP) is 2.65. The third-order valence-electron chi connectivity index (χ3n) is 4.25. The smallest absolute Gasteiger partial charge is 0.257 e. The zero-order valence-electron chi connectivity index (χ0n) is 12.0. The lowest BCUT2D eigenvalue weighted by Gasteiger charge is -2.26. The summed E-state index contributed by atoms with van der Waals surface area (Å²) < 4.78 is 0. The van der Waals surface area contributed by atoms with Crippen LogP contribution in [0.25, 0.3) is 0 Å². The van der Waals surface area contributed by atoms with E-state index in [4.69, 9.17) is 11.6 Å². The Hall–Kier alpha value is -1.26. The summed E-state index contributed by atoms with van der Waals surface area (Å²) in [4.78, 5) is 14.6. The average Bonchev–Trinajstić information content (AvgIpc) is 3.13. The Morgan fingerprint density at radius 2 is 2.14 bits per heavy atom. The highest BCUT2D eigenvalue weighted by Gasteiger charge is 2.30. The number of benzene rings is 1. The largest absolute Gasteiger partial charge is 0.507 e. The number of phenolic OH excluding ortho intramolecular Hbond substituents is 1. The summed E-state index contributed by atoms with van der Waals surface area (Å²) in [6, 6.07) is 5.01. The van der Waals surface area contributed by atoms with Gasteiger partial charge in [0.1, 0.15) is 5.75 Å². The molecule has 1 aliphatic carbocycles. The van der Waals surface area contributed by atoms with Crippen LogP contribution in [-0.2, 0) is 0 Å². The van der Waals surface area contributed by atoms with Crippen LogP contribution in [0.2, 0.25) is 5.02 Å². The van der Waals surface area contributed by atoms with Gasteiger partial charge in [0.15, 0.2) is 0 Å². The van der Waals surface area contributed by atoms with E-state index < -0.39 is 0 Å². The Morgan fingerprint density at radius 3 is 2.81 bits per heavy atom. The van der Waals surface area contributed by atoms with Crippen LogP contribution in [0.4, 0.5) is 0 Å². The van der Waals surface area contributed by atoms with E-state index in [2.05, 4.69) is 5.32 Å². The molecule has 0 spiro atoms. The van der Waals surface area contributed by atoms with E-state index in [9.17, 15) is 9.90 Å². The molecule has 2 aliphatic rings. The summed E-state index contributed by atoms with van der Waals surface area (Å²) in [5.74, 6) is 0.511. The van der Waals surface area contributed by atoms with Gasteiger partial charge in [-0.05, 0) is 56.3 Å². The van der Waals surface area contributed by atoms with E-state index in [0.717, 1.165) is 19.5 Å². The molecule has 0 aromatic heterocycles.